The minimum atomic E-state index is -5.15. The topological polar surface area (TPSA) is 296 Å². The minimum absolute atomic E-state index is 0.0646. The van der Waals surface area contributed by atoms with E-state index >= 15 is 0 Å². The number of amides is 1. The number of aromatic nitrogens is 1. The Balaban J connectivity index is 1.74. The van der Waals surface area contributed by atoms with Gasteiger partial charge >= 0.3 is 7.82 Å². The number of hydrogen-bond acceptors (Lipinski definition) is 16. The first-order valence-electron chi connectivity index (χ1n) is 23.5. The van der Waals surface area contributed by atoms with Crippen molar-refractivity contribution in [1.82, 2.24) is 15.6 Å². The molecule has 0 saturated carbocycles. The number of nitrogens with one attached hydrogen (secondary N) is 2. The molecule has 0 aliphatic carbocycles. The summed E-state index contributed by atoms with van der Waals surface area (Å²) < 4.78 is 48.1. The highest BCUT2D eigenvalue weighted by molar-refractivity contribution is 7.46. The van der Waals surface area contributed by atoms with Gasteiger partial charge in [-0.15, -0.1) is 0 Å². The second-order valence-corrected chi connectivity index (χ2v) is 20.4. The van der Waals surface area contributed by atoms with Crippen LogP contribution in [0.25, 0.3) is 6.08 Å². The van der Waals surface area contributed by atoms with E-state index in [1.165, 1.54) is 26.6 Å². The third-order valence-electron chi connectivity index (χ3n) is 13.8. The van der Waals surface area contributed by atoms with Gasteiger partial charge in [0.05, 0.1) is 49.2 Å². The van der Waals surface area contributed by atoms with E-state index in [1.54, 1.807) is 33.9 Å². The fourth-order valence-electron chi connectivity index (χ4n) is 8.78. The van der Waals surface area contributed by atoms with Crippen LogP contribution >= 0.6 is 7.82 Å². The Bertz CT molecular complexity index is 2040. The number of likely N-dealkylation sites (N-methyl/N-ethyl adjacent to an activating group) is 1. The Labute approximate surface area is 407 Å². The van der Waals surface area contributed by atoms with Gasteiger partial charge in [0.25, 0.3) is 5.91 Å². The van der Waals surface area contributed by atoms with E-state index in [9.17, 15) is 44.7 Å². The number of carbonyl (C=O) groups excluding carboxylic acids is 1. The fourth-order valence-corrected chi connectivity index (χ4v) is 9.46. The molecule has 1 aromatic heterocycles. The maximum atomic E-state index is 12.5. The van der Waals surface area contributed by atoms with E-state index < -0.39 is 97.7 Å². The molecule has 0 aromatic carbocycles. The van der Waals surface area contributed by atoms with Crippen LogP contribution in [0.3, 0.4) is 0 Å². The Kier molecular flexibility index (Phi) is 23.3. The number of ether oxygens (including phenoxy) is 4. The second kappa shape index (κ2) is 26.9. The predicted octanol–water partition coefficient (Wildman–Crippen LogP) is 4.35. The van der Waals surface area contributed by atoms with Crippen LogP contribution in [0.2, 0.25) is 0 Å². The van der Waals surface area contributed by atoms with E-state index in [2.05, 4.69) is 15.6 Å². The van der Waals surface area contributed by atoms with Crippen LogP contribution in [-0.2, 0) is 32.8 Å². The number of phosphoric ester groups is 1. The normalized spacial score (nSPS) is 27.7. The van der Waals surface area contributed by atoms with E-state index in [0.29, 0.717) is 18.0 Å². The zero-order valence-corrected chi connectivity index (χ0v) is 43.1. The smallest absolute Gasteiger partial charge is 0.448 e. The maximum absolute atomic E-state index is 12.5. The summed E-state index contributed by atoms with van der Waals surface area (Å²) >= 11 is 0. The van der Waals surface area contributed by atoms with Crippen LogP contribution in [0.5, 0.6) is 0 Å². The first kappa shape index (κ1) is 59.9. The molecule has 0 bridgehead atoms. The molecule has 2 fully saturated rings. The summed E-state index contributed by atoms with van der Waals surface area (Å²) in [5, 5.41) is 69.5. The number of carbonyl (C=O) groups is 1. The summed E-state index contributed by atoms with van der Waals surface area (Å²) in [6.07, 6.45) is 4.07. The van der Waals surface area contributed by atoms with Gasteiger partial charge in [-0.05, 0) is 57.9 Å². The SMILES string of the molecule is CN[C@@H](COC)C(O)[C@H](O)C(=O)NCCC(C)c1nc(/C=C/CC2OC3(C[C@@H](O)[C@@H]2C)O[C@H]([C@H](C[C@H](O)C(C)[C@H](O)C(C)/C=C(C)/C(C)=C/C=C/C(C)=C/C#N)OC)[C@H](OP(=O)(O)O)C3(C)C)co1. The molecule has 2 saturated heterocycles. The molecule has 390 valence electrons. The molecule has 15 atom stereocenters. The zero-order valence-electron chi connectivity index (χ0n) is 42.2. The lowest BCUT2D eigenvalue weighted by molar-refractivity contribution is -0.334. The Morgan fingerprint density at radius 1 is 1.09 bits per heavy atom. The lowest BCUT2D eigenvalue weighted by Crippen LogP contribution is -2.58. The summed E-state index contributed by atoms with van der Waals surface area (Å²) in [4.78, 5) is 37.4. The predicted molar refractivity (Wildman–Crippen MR) is 258 cm³/mol. The summed E-state index contributed by atoms with van der Waals surface area (Å²) in [5.74, 6) is -3.64. The van der Waals surface area contributed by atoms with Crippen LogP contribution in [0.4, 0.5) is 0 Å². The molecule has 69 heavy (non-hydrogen) atoms. The molecule has 2 aliphatic heterocycles. The van der Waals surface area contributed by atoms with Crippen molar-refractivity contribution in [3.63, 3.8) is 0 Å². The zero-order chi connectivity index (χ0) is 52.0. The van der Waals surface area contributed by atoms with Crippen molar-refractivity contribution in [3.05, 3.63) is 71.0 Å². The maximum Gasteiger partial charge on any atom is 0.469 e. The van der Waals surface area contributed by atoms with Crippen LogP contribution in [0.15, 0.2) is 63.9 Å². The summed E-state index contributed by atoms with van der Waals surface area (Å²) in [6, 6.07) is 1.35. The summed E-state index contributed by atoms with van der Waals surface area (Å²) in [5.41, 5.74) is 1.87. The van der Waals surface area contributed by atoms with Crippen LogP contribution in [0.1, 0.15) is 105 Å². The van der Waals surface area contributed by atoms with Gasteiger partial charge in [0.1, 0.15) is 30.3 Å². The van der Waals surface area contributed by atoms with Gasteiger partial charge in [0.15, 0.2) is 17.8 Å². The number of allylic oxidation sites excluding steroid dienone is 7. The minimum Gasteiger partial charge on any atom is -0.448 e. The number of hydrogen-bond donors (Lipinski definition) is 9. The third kappa shape index (κ3) is 16.3. The summed E-state index contributed by atoms with van der Waals surface area (Å²) in [6.45, 7) is 16.6. The number of aliphatic hydroxyl groups excluding tert-OH is 5. The number of aliphatic hydroxyl groups is 5. The van der Waals surface area contributed by atoms with Gasteiger partial charge in [-0.3, -0.25) is 9.32 Å². The molecule has 1 aromatic rings. The van der Waals surface area contributed by atoms with Crippen molar-refractivity contribution in [2.45, 2.75) is 161 Å². The molecule has 6 unspecified atom stereocenters. The average Bonchev–Trinajstić information content (AvgIpc) is 3.84. The first-order valence-corrected chi connectivity index (χ1v) is 25.0. The van der Waals surface area contributed by atoms with Crippen molar-refractivity contribution >= 4 is 19.8 Å². The lowest BCUT2D eigenvalue weighted by Gasteiger charge is -2.50. The summed E-state index contributed by atoms with van der Waals surface area (Å²) in [7, 11) is -0.735. The molecule has 2 aliphatic rings. The number of nitrogens with zero attached hydrogens (tertiary/aromatic N) is 2. The Morgan fingerprint density at radius 3 is 2.38 bits per heavy atom. The van der Waals surface area contributed by atoms with Gasteiger partial charge in [0.2, 0.25) is 0 Å². The monoisotopic (exact) mass is 995 g/mol. The fraction of sp³-hybridized carbons (Fsp3) is 0.694. The van der Waals surface area contributed by atoms with Crippen molar-refractivity contribution in [3.8, 4) is 6.07 Å². The molecule has 3 heterocycles. The van der Waals surface area contributed by atoms with Crippen LogP contribution < -0.4 is 10.6 Å². The first-order chi connectivity index (χ1) is 32.3. The van der Waals surface area contributed by atoms with E-state index in [1.807, 2.05) is 78.0 Å². The highest BCUT2D eigenvalue weighted by Crippen LogP contribution is 2.59. The van der Waals surface area contributed by atoms with Crippen LogP contribution in [-0.4, -0.2) is 147 Å². The van der Waals surface area contributed by atoms with Gasteiger partial charge < -0.3 is 69.3 Å². The van der Waals surface area contributed by atoms with Crippen molar-refractivity contribution in [2.75, 3.05) is 34.4 Å². The average molecular weight is 995 g/mol. The number of phosphoric acid groups is 1. The highest BCUT2D eigenvalue weighted by atomic mass is 31.2. The molecule has 19 nitrogen and oxygen atoms in total. The largest absolute Gasteiger partial charge is 0.469 e. The Morgan fingerprint density at radius 2 is 1.77 bits per heavy atom. The lowest BCUT2D eigenvalue weighted by atomic mass is 9.72. The van der Waals surface area contributed by atoms with Gasteiger partial charge in [-0.1, -0.05) is 77.5 Å². The number of rotatable bonds is 26. The highest BCUT2D eigenvalue weighted by Gasteiger charge is 2.68. The standard InChI is InChI=1S/C49H79N4O15P/c1-28(19-21-50)15-13-16-29(2)31(4)23-32(5)41(56)34(7)37(54)24-40(64-12)44-45(68-69(60,61)62)48(8,9)49(67-44)25-38(55)33(6)39(66-49)18-14-17-35-26-65-47(53-35)30(3)20-22-52-46(59)43(58)42(57)36(51-10)27-63-11/h13-17,19,23,26,30,32-34,36-45,51,54-58H,18,20,22,24-25,27H2,1-12H3,(H,52,59)(H2,60,61,62)/b15-13+,17-14+,28-19+,29-16+,31-23+/t30?,32?,33-,34?,36-,37-,38+,39?,40-,41+,42?,43-,44+,45-,49?/m0/s1. The van der Waals surface area contributed by atoms with Crippen molar-refractivity contribution < 1.29 is 72.6 Å². The van der Waals surface area contributed by atoms with E-state index in [-0.39, 0.29) is 44.2 Å². The number of oxazole rings is 1. The molecule has 1 amide bonds. The molecular weight excluding hydrogens is 916 g/mol. The molecule has 0 radical (unpaired) electrons. The second-order valence-electron chi connectivity index (χ2n) is 19.2. The molecular formula is C49H79N4O15P. The molecule has 1 spiro atoms. The van der Waals surface area contributed by atoms with Crippen LogP contribution in [0, 0.1) is 34.5 Å². The number of methoxy groups -OCH3 is 2. The van der Waals surface area contributed by atoms with Gasteiger partial charge in [-0.2, -0.15) is 5.26 Å². The number of nitriles is 1. The third-order valence-corrected chi connectivity index (χ3v) is 14.3. The Hall–Kier alpha value is -3.42. The molecule has 9 N–H and O–H groups in total. The van der Waals surface area contributed by atoms with Gasteiger partial charge in [-0.25, -0.2) is 9.55 Å². The van der Waals surface area contributed by atoms with Crippen molar-refractivity contribution in [2.24, 2.45) is 23.2 Å². The van der Waals surface area contributed by atoms with Gasteiger partial charge in [0, 0.05) is 68.8 Å². The van der Waals surface area contributed by atoms with Crippen molar-refractivity contribution in [1.29, 1.82) is 5.26 Å². The van der Waals surface area contributed by atoms with E-state index in [0.717, 1.165) is 16.7 Å². The molecule has 3 rings (SSSR count). The molecule has 20 heteroatoms. The van der Waals surface area contributed by atoms with E-state index in [4.69, 9.17) is 33.2 Å². The quantitative estimate of drug-likeness (QED) is 0.0354.